The number of aromatic nitrogens is 1. The summed E-state index contributed by atoms with van der Waals surface area (Å²) < 4.78 is 70.0. The number of para-hydroxylation sites is 2. The molecule has 4 heterocycles. The monoisotopic (exact) mass is 1080 g/mol. The largest absolute Gasteiger partial charge is 0.748 e. The van der Waals surface area contributed by atoms with Crippen LogP contribution in [-0.4, -0.2) is 99.2 Å². The highest BCUT2D eigenvalue weighted by Gasteiger charge is 2.42. The zero-order chi connectivity index (χ0) is 52.5. The van der Waals surface area contributed by atoms with Crippen molar-refractivity contribution in [3.05, 3.63) is 143 Å². The Morgan fingerprint density at radius 3 is 2.30 bits per heavy atom. The number of imide groups is 2. The van der Waals surface area contributed by atoms with Crippen molar-refractivity contribution in [1.82, 2.24) is 19.8 Å². The molecule has 0 radical (unpaired) electrons. The maximum atomic E-state index is 14.5. The first-order chi connectivity index (χ1) is 35.4. The normalized spacial score (nSPS) is 16.9. The number of ether oxygens (including phenoxy) is 1. The summed E-state index contributed by atoms with van der Waals surface area (Å²) in [6.07, 6.45) is 6.36. The van der Waals surface area contributed by atoms with Gasteiger partial charge in [-0.2, -0.15) is 4.57 Å². The number of urea groups is 1. The molecule has 22 heteroatoms. The number of unbranched alkanes of at least 4 members (excludes halogenated alkanes) is 1. The average molecular weight is 1080 g/mol. The first-order valence-corrected chi connectivity index (χ1v) is 28.5. The van der Waals surface area contributed by atoms with Crippen molar-refractivity contribution in [3.63, 3.8) is 0 Å². The third-order valence-corrected chi connectivity index (χ3v) is 15.9. The number of nitrogens with one attached hydrogen (secondary N) is 2. The number of amides is 6. The highest BCUT2D eigenvalue weighted by Crippen LogP contribution is 2.50. The van der Waals surface area contributed by atoms with Crippen LogP contribution >= 0.6 is 23.1 Å². The number of anilines is 2. The molecular weight excluding hydrogens is 1030 g/mol. The van der Waals surface area contributed by atoms with Crippen LogP contribution in [0.2, 0.25) is 0 Å². The summed E-state index contributed by atoms with van der Waals surface area (Å²) in [6, 6.07) is 33.4. The molecule has 18 nitrogen and oxygen atoms in total. The number of aryl methyl sites for hydroxylation is 1. The molecule has 5 aromatic carbocycles. The van der Waals surface area contributed by atoms with Crippen LogP contribution in [0.25, 0.3) is 38.2 Å². The van der Waals surface area contributed by atoms with E-state index in [1.807, 2.05) is 112 Å². The second-order valence-corrected chi connectivity index (χ2v) is 23.0. The van der Waals surface area contributed by atoms with Crippen LogP contribution in [0, 0.1) is 0 Å². The molecule has 9 rings (SSSR count). The van der Waals surface area contributed by atoms with Gasteiger partial charge in [0.1, 0.15) is 29.5 Å². The molecule has 0 spiro atoms. The fraction of sp³-hybridized carbons (Fsp3) is 0.231. The van der Waals surface area contributed by atoms with Gasteiger partial charge in [0.15, 0.2) is 12.3 Å². The van der Waals surface area contributed by atoms with Gasteiger partial charge < -0.3 is 19.5 Å². The molecule has 0 aliphatic carbocycles. The molecule has 3 aliphatic rings. The van der Waals surface area contributed by atoms with E-state index in [9.17, 15) is 45.4 Å². The lowest BCUT2D eigenvalue weighted by Crippen LogP contribution is -2.58. The van der Waals surface area contributed by atoms with Crippen LogP contribution in [0.1, 0.15) is 37.6 Å². The Morgan fingerprint density at radius 2 is 1.54 bits per heavy atom. The Morgan fingerprint density at radius 1 is 0.811 bits per heavy atom. The van der Waals surface area contributed by atoms with Crippen LogP contribution in [0.3, 0.4) is 0 Å². The lowest BCUT2D eigenvalue weighted by Gasteiger charge is -2.34. The lowest BCUT2D eigenvalue weighted by atomic mass is 10.0. The van der Waals surface area contributed by atoms with Gasteiger partial charge in [0.2, 0.25) is 27.3 Å². The van der Waals surface area contributed by atoms with E-state index >= 15 is 0 Å². The molecule has 1 unspecified atom stereocenters. The Balaban J connectivity index is 1.06. The van der Waals surface area contributed by atoms with Gasteiger partial charge in [-0.05, 0) is 77.9 Å². The number of hydrogen-bond donors (Lipinski definition) is 2. The number of carbonyl (C=O) groups excluding carboxylic acids is 5. The highest BCUT2D eigenvalue weighted by atomic mass is 32.2. The SMILES string of the molecule is CCCCC(NC(=O)CN1C(=O)C(=CC=C2Oc3ccccc3N2CC(=O)NS(C)(=O)=O)C(=O)N(C)C1=O)N1C(=Cc2sc3ccc4ccccc4c3[n+]2CCCS(=O)(=O)[O-])Sc2ccc(-c3ccccc3)cc21. The zero-order valence-electron chi connectivity index (χ0n) is 40.2. The van der Waals surface area contributed by atoms with Gasteiger partial charge in [0.25, 0.3) is 22.7 Å². The molecule has 1 fully saturated rings. The summed E-state index contributed by atoms with van der Waals surface area (Å²) in [5.41, 5.74) is 3.46. The van der Waals surface area contributed by atoms with Crippen molar-refractivity contribution in [1.29, 1.82) is 0 Å². The summed E-state index contributed by atoms with van der Waals surface area (Å²) in [5, 5.41) is 6.55. The lowest BCUT2D eigenvalue weighted by molar-refractivity contribution is -0.667. The van der Waals surface area contributed by atoms with Crippen molar-refractivity contribution in [2.45, 2.75) is 50.2 Å². The Labute approximate surface area is 435 Å². The molecule has 2 N–H and O–H groups in total. The van der Waals surface area contributed by atoms with Gasteiger partial charge in [-0.15, -0.1) is 0 Å². The van der Waals surface area contributed by atoms with E-state index in [1.54, 1.807) is 24.3 Å². The third kappa shape index (κ3) is 11.1. The van der Waals surface area contributed by atoms with Gasteiger partial charge >= 0.3 is 6.03 Å². The van der Waals surface area contributed by atoms with Crippen LogP contribution in [-0.2, 0) is 45.9 Å². The molecule has 1 atom stereocenters. The van der Waals surface area contributed by atoms with Gasteiger partial charge in [0.05, 0.1) is 44.2 Å². The number of barbiturate groups is 1. The Hall–Kier alpha value is -7.37. The molecule has 1 aromatic heterocycles. The smallest absolute Gasteiger partial charge is 0.334 e. The van der Waals surface area contributed by atoms with Gasteiger partial charge in [-0.25, -0.2) is 21.6 Å². The number of thiazole rings is 1. The summed E-state index contributed by atoms with van der Waals surface area (Å²) in [7, 11) is -7.22. The van der Waals surface area contributed by atoms with Crippen LogP contribution < -0.4 is 29.1 Å². The van der Waals surface area contributed by atoms with E-state index in [1.165, 1.54) is 41.1 Å². The number of hydrogen-bond acceptors (Lipinski definition) is 15. The van der Waals surface area contributed by atoms with E-state index in [0.29, 0.717) is 34.1 Å². The number of allylic oxidation sites excluding steroid dienone is 2. The van der Waals surface area contributed by atoms with Crippen molar-refractivity contribution in [2.24, 2.45) is 0 Å². The van der Waals surface area contributed by atoms with Crippen LogP contribution in [0.4, 0.5) is 16.2 Å². The van der Waals surface area contributed by atoms with Gasteiger partial charge in [0, 0.05) is 24.1 Å². The minimum atomic E-state index is -4.50. The molecule has 3 aliphatic heterocycles. The second-order valence-electron chi connectivity index (χ2n) is 17.6. The maximum absolute atomic E-state index is 14.5. The van der Waals surface area contributed by atoms with Crippen molar-refractivity contribution in [3.8, 4) is 16.9 Å². The highest BCUT2D eigenvalue weighted by molar-refractivity contribution is 8.04. The summed E-state index contributed by atoms with van der Waals surface area (Å²) >= 11 is 2.99. The minimum absolute atomic E-state index is 0.0291. The number of rotatable bonds is 17. The number of sulfonamides is 1. The predicted molar refractivity (Wildman–Crippen MR) is 282 cm³/mol. The van der Waals surface area contributed by atoms with Crippen molar-refractivity contribution < 1.29 is 54.7 Å². The van der Waals surface area contributed by atoms with E-state index in [4.69, 9.17) is 4.74 Å². The topological polar surface area (TPSA) is 227 Å². The van der Waals surface area contributed by atoms with E-state index < -0.39 is 80.4 Å². The van der Waals surface area contributed by atoms with Gasteiger partial charge in [-0.3, -0.25) is 38.6 Å². The summed E-state index contributed by atoms with van der Waals surface area (Å²) in [5.74, 6) is -3.86. The summed E-state index contributed by atoms with van der Waals surface area (Å²) in [4.78, 5) is 74.4. The molecule has 0 saturated carbocycles. The number of fused-ring (bicyclic) bond motifs is 5. The number of thioether (sulfide) groups is 1. The van der Waals surface area contributed by atoms with Crippen LogP contribution in [0.5, 0.6) is 5.75 Å². The van der Waals surface area contributed by atoms with Crippen molar-refractivity contribution in [2.75, 3.05) is 41.9 Å². The third-order valence-electron chi connectivity index (χ3n) is 12.3. The molecule has 74 heavy (non-hydrogen) atoms. The Bertz CT molecular complexity index is 3600. The Kier molecular flexibility index (Phi) is 14.8. The second kappa shape index (κ2) is 21.2. The predicted octanol–water partition coefficient (Wildman–Crippen LogP) is 6.65. The van der Waals surface area contributed by atoms with Crippen molar-refractivity contribution >= 4 is 111 Å². The standard InChI is InChI=1S/C52H49N7O11S4/c1-4-5-20-43(53-44(60)31-58-51(63)37(50(62)55(2)52(58)64)23-26-46-57(32-45(61)54-73(3,65)66)38-18-11-12-19-40(38)70-46)59-39-29-35(33-14-7-6-8-15-33)22-24-41(39)71-48(59)30-47-56(27-13-28-74(67,68)69)49-36-17-10-9-16-34(36)21-25-42(49)72-47/h6-12,14-19,21-26,29-30,43H,4-5,13,20,27-28,31-32H2,1-3H3,(H2-,53,54,60,61,67,68,69). The number of benzene rings is 5. The van der Waals surface area contributed by atoms with Gasteiger partial charge in [-0.1, -0.05) is 109 Å². The first-order valence-electron chi connectivity index (χ1n) is 23.4. The number of likely N-dealkylation sites (N-methyl/N-ethyl adjacent to an activating group) is 1. The molecular formula is C52H49N7O11S4. The number of nitrogens with zero attached hydrogens (tertiary/aromatic N) is 5. The molecule has 6 aromatic rings. The maximum Gasteiger partial charge on any atom is 0.334 e. The van der Waals surface area contributed by atoms with E-state index in [2.05, 4.69) is 5.32 Å². The zero-order valence-corrected chi connectivity index (χ0v) is 43.5. The molecule has 6 amide bonds. The molecule has 0 bridgehead atoms. The van der Waals surface area contributed by atoms with Crippen LogP contribution in [0.15, 0.2) is 143 Å². The average Bonchev–Trinajstić information content (AvgIpc) is 4.03. The molecule has 382 valence electrons. The van der Waals surface area contributed by atoms with E-state index in [0.717, 1.165) is 71.5 Å². The minimum Gasteiger partial charge on any atom is -0.748 e. The first kappa shape index (κ1) is 51.5. The fourth-order valence-corrected chi connectivity index (χ4v) is 12.3. The molecule has 1 saturated heterocycles. The quantitative estimate of drug-likeness (QED) is 0.0422. The van der Waals surface area contributed by atoms with E-state index in [-0.39, 0.29) is 18.8 Å². The fourth-order valence-electron chi connectivity index (χ4n) is 8.98. The number of carbonyl (C=O) groups is 5. The summed E-state index contributed by atoms with van der Waals surface area (Å²) in [6.45, 7) is 0.965.